The van der Waals surface area contributed by atoms with E-state index in [9.17, 15) is 9.90 Å². The van der Waals surface area contributed by atoms with Crippen molar-refractivity contribution in [1.29, 1.82) is 0 Å². The fourth-order valence-electron chi connectivity index (χ4n) is 1.75. The predicted molar refractivity (Wildman–Crippen MR) is 76.1 cm³/mol. The van der Waals surface area contributed by atoms with Crippen molar-refractivity contribution >= 4 is 22.4 Å². The van der Waals surface area contributed by atoms with Gasteiger partial charge in [-0.05, 0) is 31.5 Å². The van der Waals surface area contributed by atoms with Crippen LogP contribution in [-0.4, -0.2) is 17.6 Å². The summed E-state index contributed by atoms with van der Waals surface area (Å²) in [5, 5.41) is 14.5. The van der Waals surface area contributed by atoms with Crippen LogP contribution in [0.3, 0.4) is 0 Å². The number of hydrogen-bond acceptors (Lipinski definition) is 6. The van der Waals surface area contributed by atoms with Crippen molar-refractivity contribution < 1.29 is 14.6 Å². The largest absolute Gasteiger partial charge is 0.544 e. The van der Waals surface area contributed by atoms with E-state index in [1.54, 1.807) is 6.92 Å². The monoisotopic (exact) mass is 291 g/mol. The van der Waals surface area contributed by atoms with Crippen LogP contribution >= 0.6 is 11.3 Å². The van der Waals surface area contributed by atoms with E-state index in [2.05, 4.69) is 10.3 Å². The van der Waals surface area contributed by atoms with Crippen molar-refractivity contribution in [1.82, 2.24) is 4.98 Å². The molecule has 1 aromatic heterocycles. The minimum atomic E-state index is -1.19. The molecule has 0 aliphatic rings. The molecule has 0 bridgehead atoms. The summed E-state index contributed by atoms with van der Waals surface area (Å²) in [5.74, 6) is -0.371. The number of aryl methyl sites for hydroxylation is 1. The number of carboxylic acid groups (broad SMARTS) is 1. The third-order valence-electron chi connectivity index (χ3n) is 2.64. The number of aromatic carboxylic acids is 1. The highest BCUT2D eigenvalue weighted by molar-refractivity contribution is 7.17. The van der Waals surface area contributed by atoms with Gasteiger partial charge in [0.2, 0.25) is 0 Å². The molecule has 2 rings (SSSR count). The molecular weight excluding hydrogens is 276 g/mol. The van der Waals surface area contributed by atoms with Crippen LogP contribution in [0.4, 0.5) is 5.13 Å². The highest BCUT2D eigenvalue weighted by Gasteiger charge is 2.08. The molecule has 20 heavy (non-hydrogen) atoms. The van der Waals surface area contributed by atoms with E-state index in [0.717, 1.165) is 22.6 Å². The molecule has 1 N–H and O–H groups in total. The maximum atomic E-state index is 10.8. The average Bonchev–Trinajstić information content (AvgIpc) is 2.79. The Morgan fingerprint density at radius 1 is 1.50 bits per heavy atom. The lowest BCUT2D eigenvalue weighted by Crippen LogP contribution is -2.21. The number of carboxylic acids is 1. The van der Waals surface area contributed by atoms with Gasteiger partial charge in [-0.25, -0.2) is 4.98 Å². The Labute approximate surface area is 121 Å². The zero-order valence-electron chi connectivity index (χ0n) is 11.3. The zero-order valence-corrected chi connectivity index (χ0v) is 12.1. The molecule has 0 fully saturated rings. The van der Waals surface area contributed by atoms with Gasteiger partial charge in [-0.1, -0.05) is 23.5 Å². The van der Waals surface area contributed by atoms with E-state index in [1.165, 1.54) is 0 Å². The van der Waals surface area contributed by atoms with Crippen molar-refractivity contribution in [3.8, 4) is 5.75 Å². The Kier molecular flexibility index (Phi) is 4.57. The van der Waals surface area contributed by atoms with Gasteiger partial charge >= 0.3 is 0 Å². The minimum Gasteiger partial charge on any atom is -0.544 e. The molecule has 0 radical (unpaired) electrons. The van der Waals surface area contributed by atoms with Gasteiger partial charge in [0.15, 0.2) is 5.13 Å². The molecule has 0 saturated heterocycles. The molecule has 0 aliphatic heterocycles. The summed E-state index contributed by atoms with van der Waals surface area (Å²) in [4.78, 5) is 15.2. The van der Waals surface area contributed by atoms with Crippen LogP contribution in [0, 0.1) is 6.92 Å². The van der Waals surface area contributed by atoms with E-state index >= 15 is 0 Å². The Balaban J connectivity index is 2.03. The van der Waals surface area contributed by atoms with Crippen LogP contribution in [0.15, 0.2) is 24.3 Å². The smallest absolute Gasteiger partial charge is 0.183 e. The molecule has 5 nitrogen and oxygen atoms in total. The van der Waals surface area contributed by atoms with Gasteiger partial charge in [0.1, 0.15) is 5.75 Å². The number of hydrogen-bond donors (Lipinski definition) is 1. The number of thiazole rings is 1. The van der Waals surface area contributed by atoms with Gasteiger partial charge in [0.05, 0.1) is 23.1 Å². The van der Waals surface area contributed by atoms with Gasteiger partial charge in [0, 0.05) is 6.54 Å². The number of anilines is 1. The second-order valence-electron chi connectivity index (χ2n) is 4.15. The number of carbonyl (C=O) groups excluding carboxylic acids is 1. The summed E-state index contributed by atoms with van der Waals surface area (Å²) in [6.07, 6.45) is 0. The maximum Gasteiger partial charge on any atom is 0.183 e. The normalized spacial score (nSPS) is 10.3. The molecule has 6 heteroatoms. The molecule has 0 unspecified atom stereocenters. The standard InChI is InChI=1S/C14H16N2O3S/c1-3-19-11-6-4-5-10(7-11)8-15-14-16-9(2)12(20-14)13(17)18/h4-7H,3,8H2,1-2H3,(H,15,16)(H,17,18)/p-1. The first-order valence-corrected chi connectivity index (χ1v) is 7.06. The fourth-order valence-corrected chi connectivity index (χ4v) is 2.55. The molecule has 0 aliphatic carbocycles. The van der Waals surface area contributed by atoms with Crippen LogP contribution in [0.1, 0.15) is 27.9 Å². The summed E-state index contributed by atoms with van der Waals surface area (Å²) in [5.41, 5.74) is 1.51. The van der Waals surface area contributed by atoms with E-state index in [0.29, 0.717) is 24.0 Å². The third-order valence-corrected chi connectivity index (χ3v) is 3.73. The van der Waals surface area contributed by atoms with Crippen molar-refractivity contribution in [2.24, 2.45) is 0 Å². The molecule has 0 atom stereocenters. The summed E-state index contributed by atoms with van der Waals surface area (Å²) in [6, 6.07) is 7.72. The number of benzene rings is 1. The highest BCUT2D eigenvalue weighted by Crippen LogP contribution is 2.22. The van der Waals surface area contributed by atoms with Crippen molar-refractivity contribution in [2.75, 3.05) is 11.9 Å². The Hall–Kier alpha value is -2.08. The zero-order chi connectivity index (χ0) is 14.5. The second kappa shape index (κ2) is 6.38. The molecule has 0 spiro atoms. The quantitative estimate of drug-likeness (QED) is 0.879. The number of nitrogens with zero attached hydrogens (tertiary/aromatic N) is 1. The summed E-state index contributed by atoms with van der Waals surface area (Å²) in [7, 11) is 0. The Bertz CT molecular complexity index is 610. The molecule has 106 valence electrons. The first-order chi connectivity index (χ1) is 9.60. The van der Waals surface area contributed by atoms with Crippen LogP contribution in [0.25, 0.3) is 0 Å². The molecule has 0 saturated carbocycles. The van der Waals surface area contributed by atoms with Gasteiger partial charge in [-0.3, -0.25) is 0 Å². The number of aromatic nitrogens is 1. The molecule has 0 amide bonds. The molecule has 1 heterocycles. The van der Waals surface area contributed by atoms with Gasteiger partial charge in [-0.2, -0.15) is 0 Å². The minimum absolute atomic E-state index is 0.163. The number of rotatable bonds is 6. The van der Waals surface area contributed by atoms with Gasteiger partial charge in [-0.15, -0.1) is 0 Å². The Morgan fingerprint density at radius 2 is 2.30 bits per heavy atom. The molecule has 1 aromatic carbocycles. The summed E-state index contributed by atoms with van der Waals surface area (Å²) in [6.45, 7) is 4.77. The predicted octanol–water partition coefficient (Wildman–Crippen LogP) is 1.83. The maximum absolute atomic E-state index is 10.8. The number of carbonyl (C=O) groups is 1. The fraction of sp³-hybridized carbons (Fsp3) is 0.286. The van der Waals surface area contributed by atoms with Crippen LogP contribution in [0.2, 0.25) is 0 Å². The lowest BCUT2D eigenvalue weighted by Gasteiger charge is -2.06. The van der Waals surface area contributed by atoms with E-state index in [1.807, 2.05) is 31.2 Å². The lowest BCUT2D eigenvalue weighted by molar-refractivity contribution is -0.254. The first kappa shape index (κ1) is 14.3. The molecular formula is C14H15N2O3S-. The average molecular weight is 291 g/mol. The van der Waals surface area contributed by atoms with Crippen LogP contribution < -0.4 is 15.2 Å². The summed E-state index contributed by atoms with van der Waals surface area (Å²) >= 11 is 1.09. The molecule has 2 aromatic rings. The number of nitrogens with one attached hydrogen (secondary N) is 1. The van der Waals surface area contributed by atoms with Crippen LogP contribution in [-0.2, 0) is 6.54 Å². The number of ether oxygens (including phenoxy) is 1. The van der Waals surface area contributed by atoms with E-state index in [4.69, 9.17) is 4.74 Å². The van der Waals surface area contributed by atoms with E-state index < -0.39 is 5.97 Å². The second-order valence-corrected chi connectivity index (χ2v) is 5.15. The van der Waals surface area contributed by atoms with Crippen molar-refractivity contribution in [3.63, 3.8) is 0 Å². The topological polar surface area (TPSA) is 74.3 Å². The van der Waals surface area contributed by atoms with Crippen LogP contribution in [0.5, 0.6) is 5.75 Å². The SMILES string of the molecule is CCOc1cccc(CNc2nc(C)c(C(=O)[O-])s2)c1. The third kappa shape index (κ3) is 3.48. The van der Waals surface area contributed by atoms with Gasteiger partial charge in [0.25, 0.3) is 0 Å². The van der Waals surface area contributed by atoms with E-state index in [-0.39, 0.29) is 4.88 Å². The van der Waals surface area contributed by atoms with Gasteiger partial charge < -0.3 is 20.0 Å². The first-order valence-electron chi connectivity index (χ1n) is 6.24. The Morgan fingerprint density at radius 3 is 2.95 bits per heavy atom. The highest BCUT2D eigenvalue weighted by atomic mass is 32.1. The van der Waals surface area contributed by atoms with Crippen molar-refractivity contribution in [2.45, 2.75) is 20.4 Å². The lowest BCUT2D eigenvalue weighted by atomic mass is 10.2. The van der Waals surface area contributed by atoms with Crippen molar-refractivity contribution in [3.05, 3.63) is 40.4 Å². The summed E-state index contributed by atoms with van der Waals surface area (Å²) < 4.78 is 5.43.